The van der Waals surface area contributed by atoms with E-state index < -0.39 is 0 Å². The van der Waals surface area contributed by atoms with Crippen LogP contribution in [0.2, 0.25) is 0 Å². The van der Waals surface area contributed by atoms with E-state index in [9.17, 15) is 4.79 Å². The van der Waals surface area contributed by atoms with E-state index in [0.717, 1.165) is 10.9 Å². The molecular weight excluding hydrogens is 338 g/mol. The first kappa shape index (κ1) is 17.6. The van der Waals surface area contributed by atoms with Crippen LogP contribution in [0.15, 0.2) is 15.9 Å². The Morgan fingerprint density at radius 3 is 2.70 bits per heavy atom. The highest BCUT2D eigenvalue weighted by atomic mass is 79.9. The van der Waals surface area contributed by atoms with E-state index in [1.165, 1.54) is 4.88 Å². The number of carbonyl (C=O) groups is 1. The summed E-state index contributed by atoms with van der Waals surface area (Å²) in [6, 6.07) is 2.32. The third-order valence-electron chi connectivity index (χ3n) is 3.49. The fourth-order valence-corrected chi connectivity index (χ4v) is 4.02. The van der Waals surface area contributed by atoms with Gasteiger partial charge in [-0.15, -0.1) is 11.3 Å². The van der Waals surface area contributed by atoms with Crippen molar-refractivity contribution in [3.05, 3.63) is 20.8 Å². The molecule has 0 saturated carbocycles. The standard InChI is InChI=1S/C14H24BrN3OS/c1-5-11(16)13(12-6-10(15)8-20-12)18(4)7-9(2)14(19)17-3/h6,8-9,11,13H,5,7,16H2,1-4H3,(H,17,19). The van der Waals surface area contributed by atoms with Gasteiger partial charge in [0, 0.05) is 40.3 Å². The highest BCUT2D eigenvalue weighted by Crippen LogP contribution is 2.31. The number of rotatable bonds is 7. The van der Waals surface area contributed by atoms with E-state index in [-0.39, 0.29) is 23.9 Å². The fourth-order valence-electron chi connectivity index (χ4n) is 2.34. The van der Waals surface area contributed by atoms with Crippen molar-refractivity contribution in [1.29, 1.82) is 0 Å². The van der Waals surface area contributed by atoms with Crippen LogP contribution >= 0.6 is 27.3 Å². The highest BCUT2D eigenvalue weighted by molar-refractivity contribution is 9.10. The van der Waals surface area contributed by atoms with Crippen LogP contribution < -0.4 is 11.1 Å². The molecule has 20 heavy (non-hydrogen) atoms. The molecule has 1 amide bonds. The van der Waals surface area contributed by atoms with E-state index in [0.29, 0.717) is 6.54 Å². The summed E-state index contributed by atoms with van der Waals surface area (Å²) in [7, 11) is 3.71. The summed E-state index contributed by atoms with van der Waals surface area (Å²) in [4.78, 5) is 15.1. The molecule has 0 aliphatic carbocycles. The summed E-state index contributed by atoms with van der Waals surface area (Å²) in [5, 5.41) is 4.76. The van der Waals surface area contributed by atoms with Crippen LogP contribution in [0.4, 0.5) is 0 Å². The van der Waals surface area contributed by atoms with Gasteiger partial charge in [-0.05, 0) is 35.5 Å². The largest absolute Gasteiger partial charge is 0.359 e. The number of likely N-dealkylation sites (N-methyl/N-ethyl adjacent to an activating group) is 1. The molecule has 114 valence electrons. The van der Waals surface area contributed by atoms with Gasteiger partial charge >= 0.3 is 0 Å². The summed E-state index contributed by atoms with van der Waals surface area (Å²) in [6.07, 6.45) is 0.902. The molecule has 4 nitrogen and oxygen atoms in total. The Kier molecular flexibility index (Phi) is 7.15. The second-order valence-corrected chi connectivity index (χ2v) is 7.00. The summed E-state index contributed by atoms with van der Waals surface area (Å²) in [6.45, 7) is 4.72. The predicted molar refractivity (Wildman–Crippen MR) is 88.9 cm³/mol. The van der Waals surface area contributed by atoms with Crippen LogP contribution in [0.25, 0.3) is 0 Å². The number of nitrogens with zero attached hydrogens (tertiary/aromatic N) is 1. The minimum Gasteiger partial charge on any atom is -0.359 e. The lowest BCUT2D eigenvalue weighted by molar-refractivity contribution is -0.124. The Labute approximate surface area is 133 Å². The maximum absolute atomic E-state index is 11.7. The molecule has 0 aliphatic rings. The van der Waals surface area contributed by atoms with Crippen molar-refractivity contribution in [2.45, 2.75) is 32.4 Å². The summed E-state index contributed by atoms with van der Waals surface area (Å²) in [5.41, 5.74) is 6.29. The van der Waals surface area contributed by atoms with Gasteiger partial charge in [0.05, 0.1) is 6.04 Å². The third kappa shape index (κ3) is 4.55. The molecule has 0 spiro atoms. The predicted octanol–water partition coefficient (Wildman–Crippen LogP) is 2.60. The number of hydrogen-bond donors (Lipinski definition) is 2. The zero-order chi connectivity index (χ0) is 15.3. The number of hydrogen-bond acceptors (Lipinski definition) is 4. The smallest absolute Gasteiger partial charge is 0.223 e. The molecular formula is C14H24BrN3OS. The lowest BCUT2D eigenvalue weighted by Crippen LogP contribution is -2.42. The molecule has 0 radical (unpaired) electrons. The first-order valence-corrected chi connectivity index (χ1v) is 8.49. The Morgan fingerprint density at radius 2 is 2.25 bits per heavy atom. The number of nitrogens with two attached hydrogens (primary N) is 1. The SMILES string of the molecule is CCC(N)C(c1cc(Br)cs1)N(C)CC(C)C(=O)NC. The third-order valence-corrected chi connectivity index (χ3v) is 5.25. The van der Waals surface area contributed by atoms with E-state index in [1.807, 2.05) is 14.0 Å². The van der Waals surface area contributed by atoms with Crippen molar-refractivity contribution in [2.75, 3.05) is 20.6 Å². The molecule has 0 bridgehead atoms. The van der Waals surface area contributed by atoms with Crippen molar-refractivity contribution in [1.82, 2.24) is 10.2 Å². The van der Waals surface area contributed by atoms with Gasteiger partial charge in [-0.1, -0.05) is 13.8 Å². The van der Waals surface area contributed by atoms with Crippen LogP contribution in [0, 0.1) is 5.92 Å². The Morgan fingerprint density at radius 1 is 1.60 bits per heavy atom. The minimum absolute atomic E-state index is 0.0556. The quantitative estimate of drug-likeness (QED) is 0.784. The number of amides is 1. The lowest BCUT2D eigenvalue weighted by atomic mass is 10.0. The summed E-state index contributed by atoms with van der Waals surface area (Å²) >= 11 is 5.19. The van der Waals surface area contributed by atoms with Gasteiger partial charge in [0.2, 0.25) is 5.91 Å². The molecule has 3 N–H and O–H groups in total. The second-order valence-electron chi connectivity index (χ2n) is 5.14. The normalized spacial score (nSPS) is 15.9. The van der Waals surface area contributed by atoms with Gasteiger partial charge in [-0.25, -0.2) is 0 Å². The van der Waals surface area contributed by atoms with Crippen molar-refractivity contribution in [3.8, 4) is 0 Å². The van der Waals surface area contributed by atoms with Crippen LogP contribution in [0.5, 0.6) is 0 Å². The first-order valence-electron chi connectivity index (χ1n) is 6.82. The van der Waals surface area contributed by atoms with Gasteiger partial charge in [-0.2, -0.15) is 0 Å². The van der Waals surface area contributed by atoms with Gasteiger partial charge in [-0.3, -0.25) is 9.69 Å². The molecule has 1 heterocycles. The number of carbonyl (C=O) groups excluding carboxylic acids is 1. The number of halogens is 1. The minimum atomic E-state index is -0.0556. The van der Waals surface area contributed by atoms with Crippen LogP contribution in [-0.2, 0) is 4.79 Å². The zero-order valence-electron chi connectivity index (χ0n) is 12.5. The van der Waals surface area contributed by atoms with Crippen LogP contribution in [0.1, 0.15) is 31.2 Å². The first-order chi connectivity index (χ1) is 9.40. The van der Waals surface area contributed by atoms with Gasteiger partial charge < -0.3 is 11.1 Å². The van der Waals surface area contributed by atoms with Crippen molar-refractivity contribution in [2.24, 2.45) is 11.7 Å². The van der Waals surface area contributed by atoms with Gasteiger partial charge in [0.1, 0.15) is 0 Å². The molecule has 6 heteroatoms. The van der Waals surface area contributed by atoms with E-state index in [4.69, 9.17) is 5.73 Å². The summed E-state index contributed by atoms with van der Waals surface area (Å²) in [5.74, 6) is 0.00740. The lowest BCUT2D eigenvalue weighted by Gasteiger charge is -2.33. The molecule has 1 aromatic rings. The molecule has 3 atom stereocenters. The monoisotopic (exact) mass is 361 g/mol. The van der Waals surface area contributed by atoms with Crippen molar-refractivity contribution < 1.29 is 4.79 Å². The zero-order valence-corrected chi connectivity index (χ0v) is 14.9. The second kappa shape index (κ2) is 8.12. The van der Waals surface area contributed by atoms with Gasteiger partial charge in [0.15, 0.2) is 0 Å². The van der Waals surface area contributed by atoms with E-state index in [2.05, 4.69) is 44.5 Å². The average molecular weight is 362 g/mol. The number of thiophene rings is 1. The van der Waals surface area contributed by atoms with Gasteiger partial charge in [0.25, 0.3) is 0 Å². The van der Waals surface area contributed by atoms with Crippen LogP contribution in [-0.4, -0.2) is 37.5 Å². The Hall–Kier alpha value is -0.430. The molecule has 0 aliphatic heterocycles. The molecule has 0 fully saturated rings. The topological polar surface area (TPSA) is 58.4 Å². The fraction of sp³-hybridized carbons (Fsp3) is 0.643. The van der Waals surface area contributed by atoms with E-state index in [1.54, 1.807) is 18.4 Å². The molecule has 1 rings (SSSR count). The van der Waals surface area contributed by atoms with Crippen LogP contribution in [0.3, 0.4) is 0 Å². The highest BCUT2D eigenvalue weighted by Gasteiger charge is 2.26. The van der Waals surface area contributed by atoms with E-state index >= 15 is 0 Å². The Balaban J connectivity index is 2.86. The average Bonchev–Trinajstić information content (AvgIpc) is 2.83. The molecule has 3 unspecified atom stereocenters. The van der Waals surface area contributed by atoms with Crippen molar-refractivity contribution in [3.63, 3.8) is 0 Å². The maximum atomic E-state index is 11.7. The molecule has 0 saturated heterocycles. The van der Waals surface area contributed by atoms with Crippen molar-refractivity contribution >= 4 is 33.2 Å². The number of nitrogens with one attached hydrogen (secondary N) is 1. The molecule has 0 aromatic carbocycles. The molecule has 1 aromatic heterocycles. The Bertz CT molecular complexity index is 438. The maximum Gasteiger partial charge on any atom is 0.223 e. The summed E-state index contributed by atoms with van der Waals surface area (Å²) < 4.78 is 1.08.